The van der Waals surface area contributed by atoms with E-state index in [4.69, 9.17) is 9.47 Å². The highest BCUT2D eigenvalue weighted by Crippen LogP contribution is 2.69. The number of rotatable bonds is 4. The Morgan fingerprint density at radius 1 is 0.917 bits per heavy atom. The van der Waals surface area contributed by atoms with Gasteiger partial charge in [-0.15, -0.1) is 11.8 Å². The number of thiazole rings is 1. The molecule has 2 aliphatic heterocycles. The van der Waals surface area contributed by atoms with Crippen LogP contribution >= 0.6 is 23.1 Å². The highest BCUT2D eigenvalue weighted by molar-refractivity contribution is 8.00. The molecule has 3 fully saturated rings. The highest BCUT2D eigenvalue weighted by atomic mass is 32.2. The fourth-order valence-electron chi connectivity index (χ4n) is 7.27. The van der Waals surface area contributed by atoms with Crippen LogP contribution in [0, 0.1) is 29.6 Å². The van der Waals surface area contributed by atoms with E-state index in [1.807, 2.05) is 18.2 Å². The monoisotopic (exact) mass is 520 g/mol. The predicted molar refractivity (Wildman–Crippen MR) is 137 cm³/mol. The van der Waals surface area contributed by atoms with Crippen LogP contribution in [-0.2, 0) is 9.59 Å². The van der Waals surface area contributed by atoms with Crippen LogP contribution in [0.4, 0.5) is 5.69 Å². The number of para-hydroxylation sites is 1. The van der Waals surface area contributed by atoms with Crippen LogP contribution < -0.4 is 19.2 Å². The van der Waals surface area contributed by atoms with Crippen molar-refractivity contribution in [1.82, 2.24) is 4.98 Å². The molecule has 1 N–H and O–H groups in total. The van der Waals surface area contributed by atoms with Gasteiger partial charge in [0.2, 0.25) is 11.8 Å². The molecular weight excluding hydrogens is 496 g/mol. The molecule has 3 aromatic rings. The number of aromatic amines is 1. The number of methoxy groups -OCH3 is 2. The number of amides is 2. The van der Waals surface area contributed by atoms with E-state index in [0.717, 1.165) is 27.6 Å². The molecule has 0 radical (unpaired) electrons. The number of aromatic nitrogens is 1. The fourth-order valence-corrected chi connectivity index (χ4v) is 10.2. The Bertz CT molecular complexity index is 1450. The summed E-state index contributed by atoms with van der Waals surface area (Å²) in [7, 11) is 3.25. The molecule has 0 spiro atoms. The lowest BCUT2D eigenvalue weighted by Gasteiger charge is -2.43. The van der Waals surface area contributed by atoms with Crippen LogP contribution in [0.1, 0.15) is 22.8 Å². The van der Waals surface area contributed by atoms with E-state index in [2.05, 4.69) is 11.1 Å². The minimum absolute atomic E-state index is 0.0553. The van der Waals surface area contributed by atoms with Crippen molar-refractivity contribution in [3.8, 4) is 11.5 Å². The number of fused-ring (bicyclic) bond motifs is 9. The van der Waals surface area contributed by atoms with Crippen molar-refractivity contribution in [3.63, 3.8) is 0 Å². The maximum Gasteiger partial charge on any atom is 0.305 e. The first-order valence-corrected chi connectivity index (χ1v) is 13.8. The molecule has 1 saturated heterocycles. The second kappa shape index (κ2) is 7.98. The van der Waals surface area contributed by atoms with Crippen LogP contribution in [0.25, 0.3) is 0 Å². The van der Waals surface area contributed by atoms with Crippen molar-refractivity contribution in [3.05, 3.63) is 68.6 Å². The minimum Gasteiger partial charge on any atom is -0.497 e. The molecule has 2 aliphatic carbocycles. The molecule has 3 heterocycles. The first-order chi connectivity index (χ1) is 17.5. The van der Waals surface area contributed by atoms with Crippen molar-refractivity contribution in [1.29, 1.82) is 0 Å². The van der Waals surface area contributed by atoms with Crippen molar-refractivity contribution < 1.29 is 19.1 Å². The summed E-state index contributed by atoms with van der Waals surface area (Å²) < 4.78 is 11.0. The summed E-state index contributed by atoms with van der Waals surface area (Å²) in [5, 5.41) is 1.05. The van der Waals surface area contributed by atoms with Gasteiger partial charge in [0.05, 0.1) is 36.8 Å². The second-order valence-corrected chi connectivity index (χ2v) is 12.1. The molecular formula is C27H24N2O5S2. The topological polar surface area (TPSA) is 88.7 Å². The number of anilines is 1. The Balaban J connectivity index is 1.32. The fraction of sp³-hybridized carbons (Fsp3) is 0.370. The maximum absolute atomic E-state index is 13.8. The smallest absolute Gasteiger partial charge is 0.305 e. The molecule has 1 aromatic heterocycles. The zero-order valence-electron chi connectivity index (χ0n) is 19.7. The summed E-state index contributed by atoms with van der Waals surface area (Å²) in [6.07, 6.45) is 0.858. The second-order valence-electron chi connectivity index (χ2n) is 9.91. The maximum atomic E-state index is 13.8. The van der Waals surface area contributed by atoms with Gasteiger partial charge in [-0.05, 0) is 54.5 Å². The van der Waals surface area contributed by atoms with Gasteiger partial charge < -0.3 is 14.5 Å². The Labute approximate surface area is 215 Å². The van der Waals surface area contributed by atoms with E-state index in [1.54, 1.807) is 50.2 Å². The van der Waals surface area contributed by atoms with E-state index in [1.165, 1.54) is 16.2 Å². The average Bonchev–Trinajstić information content (AvgIpc) is 3.63. The Morgan fingerprint density at radius 3 is 2.36 bits per heavy atom. The number of hydrogen-bond acceptors (Lipinski definition) is 7. The molecule has 7 atom stereocenters. The quantitative estimate of drug-likeness (QED) is 0.521. The van der Waals surface area contributed by atoms with Crippen LogP contribution in [0.2, 0.25) is 0 Å². The van der Waals surface area contributed by atoms with Gasteiger partial charge in [0.25, 0.3) is 0 Å². The zero-order chi connectivity index (χ0) is 24.7. The van der Waals surface area contributed by atoms with Crippen molar-refractivity contribution in [2.45, 2.75) is 22.6 Å². The van der Waals surface area contributed by atoms with Crippen LogP contribution in [0.5, 0.6) is 11.5 Å². The number of thioether (sulfide) groups is 1. The summed E-state index contributed by atoms with van der Waals surface area (Å²) >= 11 is 2.95. The molecule has 7 rings (SSSR count). The third-order valence-electron chi connectivity index (χ3n) is 8.53. The number of H-pyrrole nitrogens is 1. The van der Waals surface area contributed by atoms with Gasteiger partial charge in [-0.3, -0.25) is 19.3 Å². The summed E-state index contributed by atoms with van der Waals surface area (Å²) in [5.74, 6) is 0.862. The highest BCUT2D eigenvalue weighted by Gasteiger charge is 2.69. The normalized spacial score (nSPS) is 31.8. The van der Waals surface area contributed by atoms with Gasteiger partial charge in [0.15, 0.2) is 0 Å². The van der Waals surface area contributed by atoms with E-state index in [9.17, 15) is 14.4 Å². The van der Waals surface area contributed by atoms with Crippen molar-refractivity contribution in [2.75, 3.05) is 19.1 Å². The van der Waals surface area contributed by atoms with Crippen LogP contribution in [0.3, 0.4) is 0 Å². The van der Waals surface area contributed by atoms with Crippen molar-refractivity contribution in [2.24, 2.45) is 29.6 Å². The molecule has 2 amide bonds. The Kier molecular flexibility index (Phi) is 4.92. The van der Waals surface area contributed by atoms with Gasteiger partial charge in [-0.25, -0.2) is 0 Å². The standard InChI is InChI=1S/C27H24N2O5S2/c1-33-13-9-7-12(8-10-13)29-25(30)20-15-11-16(21(20)26(29)31)22-19(15)18(14-5-3-4-6-17(14)34-2)23-24(35-22)28-27(32)36-23/h3-10,15-16,18-22H,11H2,1-2H3,(H,28,32)/t15-,16-,18+,19+,20+,21+,22-/m1/s1. The molecule has 7 nitrogen and oxygen atoms in total. The van der Waals surface area contributed by atoms with Gasteiger partial charge in [0.1, 0.15) is 11.5 Å². The Hall–Kier alpha value is -3.04. The summed E-state index contributed by atoms with van der Waals surface area (Å²) in [4.78, 5) is 45.3. The number of hydrogen-bond donors (Lipinski definition) is 1. The SMILES string of the molecule is COc1ccc(N2C(=O)[C@H]3[C@H]4C[C@@H]([C@@H]3C2=O)[C@H]2[C@H](c3ccccc3OC)c3sc(=O)[nH]c3S[C@H]42)cc1. The molecule has 9 heteroatoms. The summed E-state index contributed by atoms with van der Waals surface area (Å²) in [6.45, 7) is 0. The average molecular weight is 521 g/mol. The molecule has 0 unspecified atom stereocenters. The van der Waals surface area contributed by atoms with E-state index in [-0.39, 0.29) is 57.4 Å². The summed E-state index contributed by atoms with van der Waals surface area (Å²) in [5.41, 5.74) is 1.64. The largest absolute Gasteiger partial charge is 0.497 e. The minimum atomic E-state index is -0.333. The van der Waals surface area contributed by atoms with Crippen LogP contribution in [-0.4, -0.2) is 36.3 Å². The van der Waals surface area contributed by atoms with Crippen molar-refractivity contribution >= 4 is 40.6 Å². The first-order valence-electron chi connectivity index (χ1n) is 12.1. The lowest BCUT2D eigenvalue weighted by atomic mass is 9.68. The third kappa shape index (κ3) is 2.90. The molecule has 184 valence electrons. The first kappa shape index (κ1) is 22.2. The van der Waals surface area contributed by atoms with E-state index >= 15 is 0 Å². The van der Waals surface area contributed by atoms with E-state index < -0.39 is 0 Å². The summed E-state index contributed by atoms with van der Waals surface area (Å²) in [6, 6.07) is 15.1. The number of imide groups is 1. The third-order valence-corrected chi connectivity index (χ3v) is 11.1. The molecule has 2 aromatic carbocycles. The molecule has 4 aliphatic rings. The number of carbonyl (C=O) groups is 2. The number of nitrogens with zero attached hydrogens (tertiary/aromatic N) is 1. The number of benzene rings is 2. The molecule has 2 bridgehead atoms. The lowest BCUT2D eigenvalue weighted by molar-refractivity contribution is -0.123. The molecule has 36 heavy (non-hydrogen) atoms. The zero-order valence-corrected chi connectivity index (χ0v) is 21.3. The van der Waals surface area contributed by atoms with Gasteiger partial charge in [-0.1, -0.05) is 29.5 Å². The lowest BCUT2D eigenvalue weighted by Crippen LogP contribution is -2.42. The van der Waals surface area contributed by atoms with Crippen LogP contribution in [0.15, 0.2) is 58.4 Å². The Morgan fingerprint density at radius 2 is 1.64 bits per heavy atom. The number of ether oxygens (including phenoxy) is 2. The van der Waals surface area contributed by atoms with Gasteiger partial charge in [0, 0.05) is 21.6 Å². The number of carbonyl (C=O) groups excluding carboxylic acids is 2. The van der Waals surface area contributed by atoms with Gasteiger partial charge >= 0.3 is 4.87 Å². The molecule has 2 saturated carbocycles. The van der Waals surface area contributed by atoms with E-state index in [0.29, 0.717) is 11.4 Å². The van der Waals surface area contributed by atoms with Gasteiger partial charge in [-0.2, -0.15) is 0 Å². The number of nitrogens with one attached hydrogen (secondary N) is 1. The predicted octanol–water partition coefficient (Wildman–Crippen LogP) is 4.13.